The van der Waals surface area contributed by atoms with Crippen LogP contribution in [0.2, 0.25) is 0 Å². The van der Waals surface area contributed by atoms with Crippen LogP contribution in [0.1, 0.15) is 12.5 Å². The summed E-state index contributed by atoms with van der Waals surface area (Å²) in [5.74, 6) is 1.56. The fourth-order valence-corrected chi connectivity index (χ4v) is 2.98. The van der Waals surface area contributed by atoms with E-state index in [1.807, 2.05) is 43.0 Å². The average molecular weight is 347 g/mol. The molecule has 1 aliphatic rings. The summed E-state index contributed by atoms with van der Waals surface area (Å²) in [6, 6.07) is 5.84. The number of piperazine rings is 1. The maximum Gasteiger partial charge on any atom is 0.225 e. The molecule has 1 fully saturated rings. The van der Waals surface area contributed by atoms with E-state index < -0.39 is 0 Å². The van der Waals surface area contributed by atoms with Gasteiger partial charge < -0.3 is 9.80 Å². The number of aryl methyl sites for hydroxylation is 1. The fourth-order valence-electron chi connectivity index (χ4n) is 2.98. The molecule has 4 rings (SSSR count). The summed E-state index contributed by atoms with van der Waals surface area (Å²) < 4.78 is 0. The first kappa shape index (κ1) is 16.4. The number of pyridine rings is 1. The van der Waals surface area contributed by atoms with Gasteiger partial charge in [-0.1, -0.05) is 6.92 Å². The summed E-state index contributed by atoms with van der Waals surface area (Å²) >= 11 is 0. The van der Waals surface area contributed by atoms with Crippen molar-refractivity contribution in [3.8, 4) is 11.3 Å². The highest BCUT2D eigenvalue weighted by molar-refractivity contribution is 5.58. The number of rotatable bonds is 4. The summed E-state index contributed by atoms with van der Waals surface area (Å²) in [6.45, 7) is 5.50. The number of aromatic nitrogens is 5. The van der Waals surface area contributed by atoms with Gasteiger partial charge in [0, 0.05) is 62.7 Å². The van der Waals surface area contributed by atoms with E-state index in [9.17, 15) is 0 Å². The molecule has 0 spiro atoms. The molecule has 3 aromatic heterocycles. The van der Waals surface area contributed by atoms with Gasteiger partial charge in [-0.15, -0.1) is 0 Å². The monoisotopic (exact) mass is 347 g/mol. The van der Waals surface area contributed by atoms with Gasteiger partial charge in [0.2, 0.25) is 11.9 Å². The molecular weight excluding hydrogens is 326 g/mol. The van der Waals surface area contributed by atoms with Crippen LogP contribution in [0.5, 0.6) is 0 Å². The lowest BCUT2D eigenvalue weighted by atomic mass is 10.2. The van der Waals surface area contributed by atoms with Crippen molar-refractivity contribution in [1.29, 1.82) is 0 Å². The van der Waals surface area contributed by atoms with Crippen LogP contribution < -0.4 is 9.80 Å². The molecule has 0 aromatic carbocycles. The van der Waals surface area contributed by atoms with Gasteiger partial charge in [0.25, 0.3) is 0 Å². The molecule has 3 aromatic rings. The fraction of sp³-hybridized carbons (Fsp3) is 0.316. The van der Waals surface area contributed by atoms with Gasteiger partial charge in [-0.25, -0.2) is 19.9 Å². The number of nitrogens with zero attached hydrogens (tertiary/aromatic N) is 7. The Balaban J connectivity index is 1.44. The van der Waals surface area contributed by atoms with Crippen molar-refractivity contribution in [2.24, 2.45) is 0 Å². The predicted octanol–water partition coefficient (Wildman–Crippen LogP) is 2.22. The summed E-state index contributed by atoms with van der Waals surface area (Å²) in [6.07, 6.45) is 10.2. The second kappa shape index (κ2) is 7.43. The Morgan fingerprint density at radius 3 is 2.23 bits per heavy atom. The Labute approximate surface area is 152 Å². The van der Waals surface area contributed by atoms with E-state index in [0.29, 0.717) is 0 Å². The molecule has 0 amide bonds. The Morgan fingerprint density at radius 1 is 0.846 bits per heavy atom. The second-order valence-electron chi connectivity index (χ2n) is 6.20. The molecule has 0 bridgehead atoms. The van der Waals surface area contributed by atoms with Gasteiger partial charge in [-0.2, -0.15) is 0 Å². The van der Waals surface area contributed by atoms with Crippen molar-refractivity contribution < 1.29 is 0 Å². The molecule has 0 atom stereocenters. The highest BCUT2D eigenvalue weighted by atomic mass is 15.3. The Hall–Kier alpha value is -3.09. The zero-order chi connectivity index (χ0) is 17.8. The van der Waals surface area contributed by atoms with Crippen molar-refractivity contribution in [2.75, 3.05) is 36.0 Å². The Morgan fingerprint density at radius 2 is 1.58 bits per heavy atom. The first-order valence-electron chi connectivity index (χ1n) is 8.88. The van der Waals surface area contributed by atoms with Crippen molar-refractivity contribution in [3.63, 3.8) is 0 Å². The van der Waals surface area contributed by atoms with E-state index in [1.165, 1.54) is 0 Å². The highest BCUT2D eigenvalue weighted by Crippen LogP contribution is 2.19. The van der Waals surface area contributed by atoms with E-state index >= 15 is 0 Å². The minimum absolute atomic E-state index is 0.758. The maximum absolute atomic E-state index is 4.71. The molecule has 1 saturated heterocycles. The third kappa shape index (κ3) is 3.46. The third-order valence-corrected chi connectivity index (χ3v) is 4.55. The normalized spacial score (nSPS) is 14.5. The van der Waals surface area contributed by atoms with E-state index in [0.717, 1.165) is 61.3 Å². The molecule has 0 aliphatic carbocycles. The molecule has 4 heterocycles. The number of anilines is 2. The molecule has 1 aliphatic heterocycles. The zero-order valence-electron chi connectivity index (χ0n) is 14.8. The van der Waals surface area contributed by atoms with Crippen LogP contribution in [0.25, 0.3) is 11.3 Å². The van der Waals surface area contributed by atoms with Crippen LogP contribution in [0.4, 0.5) is 11.9 Å². The summed E-state index contributed by atoms with van der Waals surface area (Å²) in [5, 5.41) is 0. The number of hydrogen-bond acceptors (Lipinski definition) is 7. The van der Waals surface area contributed by atoms with Crippen LogP contribution in [0.15, 0.2) is 49.2 Å². The van der Waals surface area contributed by atoms with Gasteiger partial charge in [-0.05, 0) is 30.2 Å². The van der Waals surface area contributed by atoms with Crippen LogP contribution >= 0.6 is 0 Å². The van der Waals surface area contributed by atoms with E-state index in [-0.39, 0.29) is 0 Å². The van der Waals surface area contributed by atoms with Gasteiger partial charge in [0.1, 0.15) is 0 Å². The molecule has 26 heavy (non-hydrogen) atoms. The van der Waals surface area contributed by atoms with E-state index in [4.69, 9.17) is 4.98 Å². The van der Waals surface area contributed by atoms with Crippen molar-refractivity contribution in [1.82, 2.24) is 24.9 Å². The van der Waals surface area contributed by atoms with Gasteiger partial charge >= 0.3 is 0 Å². The average Bonchev–Trinajstić information content (AvgIpc) is 2.75. The Bertz CT molecular complexity index is 843. The standard InChI is InChI=1S/C19H21N7/c1-2-15-12-22-18(23-13-15)25-8-10-26(11-9-25)19-21-7-5-17(24-19)16-4-3-6-20-14-16/h3-7,12-14H,2,8-11H2,1H3. The molecule has 0 radical (unpaired) electrons. The van der Waals surface area contributed by atoms with Crippen LogP contribution in [-0.2, 0) is 6.42 Å². The topological polar surface area (TPSA) is 70.9 Å². The van der Waals surface area contributed by atoms with Crippen molar-refractivity contribution >= 4 is 11.9 Å². The predicted molar refractivity (Wildman–Crippen MR) is 101 cm³/mol. The quantitative estimate of drug-likeness (QED) is 0.716. The van der Waals surface area contributed by atoms with E-state index in [2.05, 4.69) is 36.7 Å². The molecule has 132 valence electrons. The largest absolute Gasteiger partial charge is 0.337 e. The second-order valence-corrected chi connectivity index (χ2v) is 6.20. The van der Waals surface area contributed by atoms with Crippen molar-refractivity contribution in [2.45, 2.75) is 13.3 Å². The molecular formula is C19H21N7. The summed E-state index contributed by atoms with van der Waals surface area (Å²) in [7, 11) is 0. The van der Waals surface area contributed by atoms with Crippen molar-refractivity contribution in [3.05, 3.63) is 54.7 Å². The lowest BCUT2D eigenvalue weighted by molar-refractivity contribution is 0.627. The van der Waals surface area contributed by atoms with Crippen LogP contribution in [0.3, 0.4) is 0 Å². The summed E-state index contributed by atoms with van der Waals surface area (Å²) in [5.41, 5.74) is 3.05. The third-order valence-electron chi connectivity index (χ3n) is 4.55. The smallest absolute Gasteiger partial charge is 0.225 e. The Kier molecular flexibility index (Phi) is 4.68. The summed E-state index contributed by atoms with van der Waals surface area (Å²) in [4.78, 5) is 26.7. The van der Waals surface area contributed by atoms with Gasteiger partial charge in [-0.3, -0.25) is 4.98 Å². The lowest BCUT2D eigenvalue weighted by Gasteiger charge is -2.34. The van der Waals surface area contributed by atoms with Gasteiger partial charge in [0.15, 0.2) is 0 Å². The maximum atomic E-state index is 4.71. The SMILES string of the molecule is CCc1cnc(N2CCN(c3nccc(-c4cccnc4)n3)CC2)nc1. The molecule has 0 unspecified atom stereocenters. The minimum atomic E-state index is 0.758. The molecule has 7 nitrogen and oxygen atoms in total. The highest BCUT2D eigenvalue weighted by Gasteiger charge is 2.21. The first-order valence-corrected chi connectivity index (χ1v) is 8.88. The molecule has 0 N–H and O–H groups in total. The lowest BCUT2D eigenvalue weighted by Crippen LogP contribution is -2.47. The molecule has 0 saturated carbocycles. The number of hydrogen-bond donors (Lipinski definition) is 0. The van der Waals surface area contributed by atoms with Gasteiger partial charge in [0.05, 0.1) is 5.69 Å². The molecule has 7 heteroatoms. The minimum Gasteiger partial charge on any atom is -0.337 e. The van der Waals surface area contributed by atoms with Crippen LogP contribution in [0, 0.1) is 0 Å². The first-order chi connectivity index (χ1) is 12.8. The van der Waals surface area contributed by atoms with E-state index in [1.54, 1.807) is 6.20 Å². The zero-order valence-corrected chi connectivity index (χ0v) is 14.8. The van der Waals surface area contributed by atoms with Crippen LogP contribution in [-0.4, -0.2) is 51.1 Å².